The van der Waals surface area contributed by atoms with Crippen LogP contribution in [0.25, 0.3) is 0 Å². The molecule has 3 unspecified atom stereocenters. The number of ether oxygens (including phenoxy) is 3. The Morgan fingerprint density at radius 3 is 1.93 bits per heavy atom. The Hall–Kier alpha value is -4.54. The third kappa shape index (κ3) is 7.31. The largest absolute Gasteiger partial charge is 0.493 e. The monoisotopic (exact) mass is 545 g/mol. The summed E-state index contributed by atoms with van der Waals surface area (Å²) in [6, 6.07) is 21.2. The average molecular weight is 546 g/mol. The van der Waals surface area contributed by atoms with Gasteiger partial charge in [0.2, 0.25) is 0 Å². The molecule has 0 spiro atoms. The van der Waals surface area contributed by atoms with Crippen LogP contribution in [-0.4, -0.2) is 23.1 Å². The Morgan fingerprint density at radius 2 is 1.38 bits per heavy atom. The van der Waals surface area contributed by atoms with Gasteiger partial charge in [-0.3, -0.25) is 20.2 Å². The number of nitrogen functional groups attached to an aromatic ring is 1. The molecule has 10 heteroatoms. The summed E-state index contributed by atoms with van der Waals surface area (Å²) in [6.45, 7) is 1.40. The SMILES string of the molecule is Nc1ccccc1C1CCCO1.O=[N+]([O-])c1ccccc1C1C=CCO1.O=[N+]([O-])c1ccccc1C1CC=CO1. The van der Waals surface area contributed by atoms with Crippen LogP contribution in [0.15, 0.2) is 97.3 Å². The molecular formula is C30H31N3O7. The molecule has 3 aliphatic heterocycles. The Morgan fingerprint density at radius 1 is 0.750 bits per heavy atom. The van der Waals surface area contributed by atoms with Gasteiger partial charge >= 0.3 is 0 Å². The lowest BCUT2D eigenvalue weighted by atomic mass is 10.1. The van der Waals surface area contributed by atoms with E-state index < -0.39 is 0 Å². The summed E-state index contributed by atoms with van der Waals surface area (Å²) in [4.78, 5) is 20.7. The number of nitrogens with two attached hydrogens (primary N) is 1. The van der Waals surface area contributed by atoms with E-state index in [9.17, 15) is 20.2 Å². The van der Waals surface area contributed by atoms with Gasteiger partial charge in [-0.25, -0.2) is 0 Å². The topological polar surface area (TPSA) is 140 Å². The van der Waals surface area contributed by atoms with Gasteiger partial charge in [0.1, 0.15) is 12.2 Å². The number of nitro groups is 2. The van der Waals surface area contributed by atoms with Gasteiger partial charge in [0.15, 0.2) is 0 Å². The van der Waals surface area contributed by atoms with Gasteiger partial charge in [0.25, 0.3) is 11.4 Å². The molecule has 10 nitrogen and oxygen atoms in total. The summed E-state index contributed by atoms with van der Waals surface area (Å²) < 4.78 is 16.1. The number of nitrogens with zero attached hydrogens (tertiary/aromatic N) is 2. The van der Waals surface area contributed by atoms with Gasteiger partial charge in [-0.05, 0) is 37.1 Å². The van der Waals surface area contributed by atoms with Crippen molar-refractivity contribution in [2.75, 3.05) is 18.9 Å². The zero-order valence-electron chi connectivity index (χ0n) is 21.8. The second kappa shape index (κ2) is 14.0. The summed E-state index contributed by atoms with van der Waals surface area (Å²) in [6.07, 6.45) is 9.88. The minimum atomic E-state index is -0.384. The number of benzene rings is 3. The molecule has 6 rings (SSSR count). The van der Waals surface area contributed by atoms with Crippen molar-refractivity contribution in [3.8, 4) is 0 Å². The van der Waals surface area contributed by atoms with Crippen LogP contribution >= 0.6 is 0 Å². The fourth-order valence-electron chi connectivity index (χ4n) is 4.62. The molecule has 3 heterocycles. The molecule has 0 aliphatic carbocycles. The average Bonchev–Trinajstić information content (AvgIpc) is 3.78. The van der Waals surface area contributed by atoms with Gasteiger partial charge in [-0.1, -0.05) is 54.6 Å². The van der Waals surface area contributed by atoms with Crippen LogP contribution in [0.1, 0.15) is 54.3 Å². The van der Waals surface area contributed by atoms with Crippen LogP contribution in [0.3, 0.4) is 0 Å². The number of anilines is 1. The van der Waals surface area contributed by atoms with Gasteiger partial charge in [0.05, 0.1) is 39.9 Å². The standard InChI is InChI=1S/2C10H9NO3.C10H13NO/c2*12-11(13)9-5-2-1-4-8(9)10-6-3-7-14-10;11-9-5-2-1-4-8(9)10-6-3-7-12-10/h1-5,7,10H,6H2;1-6,10H,7H2;1-2,4-5,10H,3,6-7,11H2. The molecule has 3 aliphatic rings. The van der Waals surface area contributed by atoms with Crippen LogP contribution in [0.2, 0.25) is 0 Å². The summed E-state index contributed by atoms with van der Waals surface area (Å²) >= 11 is 0. The van der Waals surface area contributed by atoms with Crippen molar-refractivity contribution in [3.05, 3.63) is 134 Å². The highest BCUT2D eigenvalue weighted by Gasteiger charge is 2.24. The summed E-state index contributed by atoms with van der Waals surface area (Å²) in [7, 11) is 0. The predicted octanol–water partition coefficient (Wildman–Crippen LogP) is 6.91. The van der Waals surface area contributed by atoms with E-state index in [-0.39, 0.29) is 39.5 Å². The highest BCUT2D eigenvalue weighted by Crippen LogP contribution is 2.33. The van der Waals surface area contributed by atoms with Crippen molar-refractivity contribution in [1.82, 2.24) is 0 Å². The van der Waals surface area contributed by atoms with E-state index in [1.54, 1.807) is 42.7 Å². The number of nitro benzene ring substituents is 2. The zero-order valence-corrected chi connectivity index (χ0v) is 21.8. The quantitative estimate of drug-likeness (QED) is 0.158. The normalized spacial score (nSPS) is 20.6. The second-order valence-corrected chi connectivity index (χ2v) is 9.18. The van der Waals surface area contributed by atoms with Crippen molar-refractivity contribution in [2.24, 2.45) is 0 Å². The third-order valence-electron chi connectivity index (χ3n) is 6.56. The van der Waals surface area contributed by atoms with Gasteiger partial charge in [-0.2, -0.15) is 0 Å². The molecule has 0 amide bonds. The molecule has 1 saturated heterocycles. The molecule has 0 saturated carbocycles. The van der Waals surface area contributed by atoms with Crippen LogP contribution in [0.4, 0.5) is 17.1 Å². The van der Waals surface area contributed by atoms with Crippen molar-refractivity contribution in [2.45, 2.75) is 37.6 Å². The maximum absolute atomic E-state index is 10.7. The van der Waals surface area contributed by atoms with E-state index in [0.717, 1.165) is 30.7 Å². The minimum Gasteiger partial charge on any atom is -0.493 e. The van der Waals surface area contributed by atoms with Crippen molar-refractivity contribution >= 4 is 17.1 Å². The van der Waals surface area contributed by atoms with E-state index in [1.807, 2.05) is 42.5 Å². The van der Waals surface area contributed by atoms with E-state index in [0.29, 0.717) is 24.2 Å². The number of para-hydroxylation sites is 3. The Balaban J connectivity index is 0.000000139. The fourth-order valence-corrected chi connectivity index (χ4v) is 4.62. The second-order valence-electron chi connectivity index (χ2n) is 9.18. The number of hydrogen-bond acceptors (Lipinski definition) is 8. The first kappa shape index (κ1) is 28.5. The molecule has 3 atom stereocenters. The Kier molecular flexibility index (Phi) is 9.98. The van der Waals surface area contributed by atoms with Gasteiger partial charge in [-0.15, -0.1) is 0 Å². The van der Waals surface area contributed by atoms with Crippen molar-refractivity contribution in [3.63, 3.8) is 0 Å². The maximum Gasteiger partial charge on any atom is 0.276 e. The van der Waals surface area contributed by atoms with Gasteiger partial charge in [0, 0.05) is 36.4 Å². The molecule has 0 aromatic heterocycles. The smallest absolute Gasteiger partial charge is 0.276 e. The third-order valence-corrected chi connectivity index (χ3v) is 6.56. The van der Waals surface area contributed by atoms with Crippen molar-refractivity contribution in [1.29, 1.82) is 0 Å². The summed E-state index contributed by atoms with van der Waals surface area (Å²) in [5.74, 6) is 0. The lowest BCUT2D eigenvalue weighted by Gasteiger charge is -2.11. The van der Waals surface area contributed by atoms with Crippen LogP contribution < -0.4 is 5.73 Å². The van der Waals surface area contributed by atoms with Crippen LogP contribution in [0.5, 0.6) is 0 Å². The summed E-state index contributed by atoms with van der Waals surface area (Å²) in [5, 5.41) is 21.4. The molecule has 3 aromatic carbocycles. The van der Waals surface area contributed by atoms with Gasteiger partial charge < -0.3 is 19.9 Å². The minimum absolute atomic E-state index is 0.115. The first-order chi connectivity index (χ1) is 19.5. The molecule has 208 valence electrons. The van der Waals surface area contributed by atoms with Crippen LogP contribution in [-0.2, 0) is 14.2 Å². The number of rotatable bonds is 5. The Bertz CT molecular complexity index is 1360. The maximum atomic E-state index is 10.7. The molecule has 3 aromatic rings. The van der Waals surface area contributed by atoms with Crippen LogP contribution in [0, 0.1) is 20.2 Å². The highest BCUT2D eigenvalue weighted by atomic mass is 16.6. The molecular weight excluding hydrogens is 514 g/mol. The van der Waals surface area contributed by atoms with E-state index in [1.165, 1.54) is 12.1 Å². The van der Waals surface area contributed by atoms with E-state index >= 15 is 0 Å². The molecule has 40 heavy (non-hydrogen) atoms. The van der Waals surface area contributed by atoms with E-state index in [2.05, 4.69) is 0 Å². The highest BCUT2D eigenvalue weighted by molar-refractivity contribution is 5.48. The molecule has 2 N–H and O–H groups in total. The molecule has 0 bridgehead atoms. The van der Waals surface area contributed by atoms with E-state index in [4.69, 9.17) is 19.9 Å². The summed E-state index contributed by atoms with van der Waals surface area (Å²) in [5.41, 5.74) is 9.32. The lowest BCUT2D eigenvalue weighted by molar-refractivity contribution is -0.386. The first-order valence-corrected chi connectivity index (χ1v) is 13.0. The Labute approximate surface area is 232 Å². The number of hydrogen-bond donors (Lipinski definition) is 1. The molecule has 1 fully saturated rings. The fraction of sp³-hybridized carbons (Fsp3) is 0.267. The first-order valence-electron chi connectivity index (χ1n) is 13.0. The molecule has 0 radical (unpaired) electrons. The lowest BCUT2D eigenvalue weighted by Crippen LogP contribution is -2.00. The zero-order chi connectivity index (χ0) is 28.3. The van der Waals surface area contributed by atoms with Crippen molar-refractivity contribution < 1.29 is 24.1 Å². The predicted molar refractivity (Wildman–Crippen MR) is 150 cm³/mol.